The molecule has 0 bridgehead atoms. The topological polar surface area (TPSA) is 99.2 Å². The number of unbranched alkanes of at least 4 members (excludes halogenated alkanes) is 2. The SMILES string of the molecule is CCOC(=O)C(CCCCCC(=O)OC(C)(C)C)N(C(C)=O)C(=O)OCC. The minimum absolute atomic E-state index is 0.0913. The standard InChI is InChI=1S/C19H33NO7/c1-7-25-17(23)15(20(14(3)21)18(24)26-8-2)12-10-9-11-13-16(22)27-19(4,5)6/h15H,7-13H2,1-6H3. The third kappa shape index (κ3) is 10.6. The summed E-state index contributed by atoms with van der Waals surface area (Å²) < 4.78 is 15.1. The number of carbonyl (C=O) groups is 4. The first-order chi connectivity index (χ1) is 12.5. The summed E-state index contributed by atoms with van der Waals surface area (Å²) in [6, 6.07) is -1.04. The number of nitrogens with zero attached hydrogens (tertiary/aromatic N) is 1. The zero-order valence-electron chi connectivity index (χ0n) is 17.3. The smallest absolute Gasteiger partial charge is 0.417 e. The largest absolute Gasteiger partial charge is 0.464 e. The fourth-order valence-corrected chi connectivity index (χ4v) is 2.44. The number of rotatable bonds is 10. The van der Waals surface area contributed by atoms with Gasteiger partial charge < -0.3 is 14.2 Å². The van der Waals surface area contributed by atoms with Crippen molar-refractivity contribution in [2.24, 2.45) is 0 Å². The van der Waals surface area contributed by atoms with E-state index < -0.39 is 29.6 Å². The first kappa shape index (κ1) is 24.9. The van der Waals surface area contributed by atoms with Gasteiger partial charge in [-0.15, -0.1) is 0 Å². The Balaban J connectivity index is 4.74. The summed E-state index contributed by atoms with van der Waals surface area (Å²) in [6.45, 7) is 10.1. The molecule has 27 heavy (non-hydrogen) atoms. The molecule has 1 unspecified atom stereocenters. The molecule has 1 atom stereocenters. The van der Waals surface area contributed by atoms with Crippen LogP contribution in [0.2, 0.25) is 0 Å². The van der Waals surface area contributed by atoms with Crippen LogP contribution in [0, 0.1) is 0 Å². The van der Waals surface area contributed by atoms with E-state index in [2.05, 4.69) is 0 Å². The van der Waals surface area contributed by atoms with E-state index >= 15 is 0 Å². The highest BCUT2D eigenvalue weighted by Gasteiger charge is 2.34. The lowest BCUT2D eigenvalue weighted by molar-refractivity contribution is -0.155. The van der Waals surface area contributed by atoms with E-state index in [1.54, 1.807) is 34.6 Å². The van der Waals surface area contributed by atoms with Crippen molar-refractivity contribution in [2.45, 2.75) is 85.3 Å². The van der Waals surface area contributed by atoms with Gasteiger partial charge in [0.15, 0.2) is 0 Å². The molecule has 8 heteroatoms. The van der Waals surface area contributed by atoms with E-state index in [9.17, 15) is 19.2 Å². The van der Waals surface area contributed by atoms with Gasteiger partial charge in [-0.05, 0) is 47.5 Å². The second-order valence-electron chi connectivity index (χ2n) is 7.04. The summed E-state index contributed by atoms with van der Waals surface area (Å²) >= 11 is 0. The molecule has 0 rings (SSSR count). The van der Waals surface area contributed by atoms with Crippen molar-refractivity contribution in [2.75, 3.05) is 13.2 Å². The lowest BCUT2D eigenvalue weighted by Crippen LogP contribution is -2.48. The van der Waals surface area contributed by atoms with Crippen molar-refractivity contribution in [3.8, 4) is 0 Å². The van der Waals surface area contributed by atoms with Crippen LogP contribution in [0.15, 0.2) is 0 Å². The van der Waals surface area contributed by atoms with Crippen molar-refractivity contribution in [1.29, 1.82) is 0 Å². The summed E-state index contributed by atoms with van der Waals surface area (Å²) in [5.74, 6) is -1.51. The van der Waals surface area contributed by atoms with Gasteiger partial charge in [-0.1, -0.05) is 12.8 Å². The molecule has 0 saturated carbocycles. The maximum Gasteiger partial charge on any atom is 0.417 e. The number of ether oxygens (including phenoxy) is 3. The van der Waals surface area contributed by atoms with Crippen LogP contribution in [-0.4, -0.2) is 53.7 Å². The minimum Gasteiger partial charge on any atom is -0.464 e. The molecule has 0 aliphatic heterocycles. The van der Waals surface area contributed by atoms with Crippen LogP contribution >= 0.6 is 0 Å². The average molecular weight is 387 g/mol. The quantitative estimate of drug-likeness (QED) is 0.322. The molecule has 0 aromatic heterocycles. The highest BCUT2D eigenvalue weighted by molar-refractivity contribution is 5.95. The summed E-state index contributed by atoms with van der Waals surface area (Å²) in [4.78, 5) is 48.7. The molecule has 156 valence electrons. The van der Waals surface area contributed by atoms with Gasteiger partial charge in [0, 0.05) is 13.3 Å². The van der Waals surface area contributed by atoms with Crippen molar-refractivity contribution < 1.29 is 33.4 Å². The molecule has 0 aliphatic rings. The molecule has 2 amide bonds. The predicted octanol–water partition coefficient (Wildman–Crippen LogP) is 3.22. The first-order valence-electron chi connectivity index (χ1n) is 9.38. The molecule has 0 heterocycles. The van der Waals surface area contributed by atoms with Gasteiger partial charge in [0.1, 0.15) is 11.6 Å². The van der Waals surface area contributed by atoms with Gasteiger partial charge in [0.25, 0.3) is 0 Å². The van der Waals surface area contributed by atoms with E-state index in [1.165, 1.54) is 6.92 Å². The molecular formula is C19H33NO7. The highest BCUT2D eigenvalue weighted by atomic mass is 16.6. The Kier molecular flexibility index (Phi) is 11.3. The Hall–Kier alpha value is -2.12. The number of hydrogen-bond acceptors (Lipinski definition) is 7. The Morgan fingerprint density at radius 3 is 2.00 bits per heavy atom. The normalized spacial score (nSPS) is 12.1. The van der Waals surface area contributed by atoms with E-state index in [0.29, 0.717) is 19.3 Å². The number of esters is 2. The lowest BCUT2D eigenvalue weighted by atomic mass is 10.1. The minimum atomic E-state index is -1.04. The van der Waals surface area contributed by atoms with Crippen LogP contribution in [0.3, 0.4) is 0 Å². The van der Waals surface area contributed by atoms with Crippen molar-refractivity contribution in [3.63, 3.8) is 0 Å². The Morgan fingerprint density at radius 2 is 1.52 bits per heavy atom. The van der Waals surface area contributed by atoms with E-state index in [4.69, 9.17) is 14.2 Å². The Bertz CT molecular complexity index is 511. The molecule has 0 aliphatic carbocycles. The Morgan fingerprint density at radius 1 is 0.926 bits per heavy atom. The fraction of sp³-hybridized carbons (Fsp3) is 0.789. The van der Waals surface area contributed by atoms with Crippen LogP contribution in [0.25, 0.3) is 0 Å². The van der Waals surface area contributed by atoms with Crippen molar-refractivity contribution >= 4 is 23.9 Å². The summed E-state index contributed by atoms with van der Waals surface area (Å²) in [7, 11) is 0. The van der Waals surface area contributed by atoms with Crippen molar-refractivity contribution in [3.05, 3.63) is 0 Å². The number of amides is 2. The van der Waals surface area contributed by atoms with Gasteiger partial charge in [-0.25, -0.2) is 14.5 Å². The van der Waals surface area contributed by atoms with Crippen LogP contribution in [-0.2, 0) is 28.6 Å². The molecule has 0 radical (unpaired) electrons. The van der Waals surface area contributed by atoms with E-state index in [-0.39, 0.29) is 32.0 Å². The first-order valence-corrected chi connectivity index (χ1v) is 9.38. The van der Waals surface area contributed by atoms with Gasteiger partial charge in [0.05, 0.1) is 13.2 Å². The third-order valence-electron chi connectivity index (χ3n) is 3.45. The van der Waals surface area contributed by atoms with Gasteiger partial charge >= 0.3 is 18.0 Å². The zero-order chi connectivity index (χ0) is 21.0. The second kappa shape index (κ2) is 12.3. The van der Waals surface area contributed by atoms with Crippen molar-refractivity contribution in [1.82, 2.24) is 4.90 Å². The number of carbonyl (C=O) groups excluding carboxylic acids is 4. The molecule has 0 aromatic carbocycles. The number of imide groups is 1. The molecule has 0 N–H and O–H groups in total. The Labute approximate surface area is 161 Å². The summed E-state index contributed by atoms with van der Waals surface area (Å²) in [6.07, 6.45) is 1.42. The van der Waals surface area contributed by atoms with Gasteiger partial charge in [-0.2, -0.15) is 0 Å². The predicted molar refractivity (Wildman–Crippen MR) is 98.9 cm³/mol. The van der Waals surface area contributed by atoms with Crippen LogP contribution < -0.4 is 0 Å². The second-order valence-corrected chi connectivity index (χ2v) is 7.04. The molecule has 0 saturated heterocycles. The molecule has 0 fully saturated rings. The summed E-state index contributed by atoms with van der Waals surface area (Å²) in [5.41, 5.74) is -0.520. The molecule has 8 nitrogen and oxygen atoms in total. The van der Waals surface area contributed by atoms with Crippen LogP contribution in [0.5, 0.6) is 0 Å². The maximum absolute atomic E-state index is 12.2. The van der Waals surface area contributed by atoms with Gasteiger partial charge in [-0.3, -0.25) is 9.59 Å². The fourth-order valence-electron chi connectivity index (χ4n) is 2.44. The number of hydrogen-bond donors (Lipinski definition) is 0. The molecule has 0 aromatic rings. The van der Waals surface area contributed by atoms with Crippen LogP contribution in [0.1, 0.15) is 73.6 Å². The van der Waals surface area contributed by atoms with E-state index in [1.807, 2.05) is 0 Å². The third-order valence-corrected chi connectivity index (χ3v) is 3.45. The highest BCUT2D eigenvalue weighted by Crippen LogP contribution is 2.16. The maximum atomic E-state index is 12.2. The molecular weight excluding hydrogens is 354 g/mol. The van der Waals surface area contributed by atoms with Gasteiger partial charge in [0.2, 0.25) is 5.91 Å². The van der Waals surface area contributed by atoms with E-state index in [0.717, 1.165) is 4.90 Å². The van der Waals surface area contributed by atoms with Crippen LogP contribution in [0.4, 0.5) is 4.79 Å². The molecule has 0 spiro atoms. The average Bonchev–Trinajstić information content (AvgIpc) is 2.51. The zero-order valence-corrected chi connectivity index (χ0v) is 17.3. The summed E-state index contributed by atoms with van der Waals surface area (Å²) in [5, 5.41) is 0. The monoisotopic (exact) mass is 387 g/mol. The lowest BCUT2D eigenvalue weighted by Gasteiger charge is -2.26.